The minimum absolute atomic E-state index is 0.777. The summed E-state index contributed by atoms with van der Waals surface area (Å²) in [6.07, 6.45) is 2.68. The summed E-state index contributed by atoms with van der Waals surface area (Å²) in [6.45, 7) is 2.16. The van der Waals surface area contributed by atoms with Crippen molar-refractivity contribution in [2.24, 2.45) is 0 Å². The molecule has 3 heteroatoms. The molecule has 0 amide bonds. The standard InChI is InChI=1S/C11H11NS2/c1-7-4-13-5-9(7)11-12-10(6-14-11)8-2-3-8/h4-6,8H,2-3H2,1H3. The van der Waals surface area contributed by atoms with Crippen molar-refractivity contribution in [3.63, 3.8) is 0 Å². The number of aromatic nitrogens is 1. The Morgan fingerprint density at radius 2 is 2.14 bits per heavy atom. The first-order valence-corrected chi connectivity index (χ1v) is 6.65. The zero-order chi connectivity index (χ0) is 9.54. The topological polar surface area (TPSA) is 12.9 Å². The van der Waals surface area contributed by atoms with E-state index in [1.165, 1.54) is 34.7 Å². The van der Waals surface area contributed by atoms with Crippen LogP contribution in [0, 0.1) is 6.92 Å². The Bertz CT molecular complexity index is 451. The Morgan fingerprint density at radius 1 is 1.29 bits per heavy atom. The molecule has 2 aromatic heterocycles. The van der Waals surface area contributed by atoms with Crippen LogP contribution in [-0.2, 0) is 0 Å². The van der Waals surface area contributed by atoms with Crippen molar-refractivity contribution in [1.82, 2.24) is 4.98 Å². The molecule has 1 aliphatic rings. The molecule has 0 aliphatic heterocycles. The van der Waals surface area contributed by atoms with Gasteiger partial charge in [0.2, 0.25) is 0 Å². The lowest BCUT2D eigenvalue weighted by molar-refractivity contribution is 1.05. The SMILES string of the molecule is Cc1cscc1-c1nc(C2CC2)cs1. The Kier molecular flexibility index (Phi) is 1.96. The Labute approximate surface area is 91.4 Å². The van der Waals surface area contributed by atoms with E-state index in [1.54, 1.807) is 22.7 Å². The fourth-order valence-electron chi connectivity index (χ4n) is 1.56. The molecule has 0 radical (unpaired) electrons. The number of thiazole rings is 1. The number of nitrogens with zero attached hydrogens (tertiary/aromatic N) is 1. The van der Waals surface area contributed by atoms with Crippen LogP contribution >= 0.6 is 22.7 Å². The lowest BCUT2D eigenvalue weighted by Crippen LogP contribution is -1.79. The van der Waals surface area contributed by atoms with Crippen molar-refractivity contribution in [3.05, 3.63) is 27.4 Å². The molecule has 1 fully saturated rings. The first kappa shape index (κ1) is 8.62. The van der Waals surface area contributed by atoms with Crippen LogP contribution in [0.15, 0.2) is 16.1 Å². The molecule has 2 heterocycles. The van der Waals surface area contributed by atoms with E-state index in [4.69, 9.17) is 4.98 Å². The van der Waals surface area contributed by atoms with Crippen molar-refractivity contribution in [3.8, 4) is 10.6 Å². The second-order valence-corrected chi connectivity index (χ2v) is 5.42. The zero-order valence-corrected chi connectivity index (χ0v) is 9.62. The monoisotopic (exact) mass is 221 g/mol. The molecule has 0 saturated heterocycles. The zero-order valence-electron chi connectivity index (χ0n) is 7.99. The molecule has 0 unspecified atom stereocenters. The summed E-state index contributed by atoms with van der Waals surface area (Å²) in [5.74, 6) is 0.777. The van der Waals surface area contributed by atoms with E-state index in [0.29, 0.717) is 0 Å². The van der Waals surface area contributed by atoms with Crippen LogP contribution < -0.4 is 0 Å². The highest BCUT2D eigenvalue weighted by atomic mass is 32.1. The number of hydrogen-bond donors (Lipinski definition) is 0. The fraction of sp³-hybridized carbons (Fsp3) is 0.364. The van der Waals surface area contributed by atoms with Gasteiger partial charge >= 0.3 is 0 Å². The van der Waals surface area contributed by atoms with Crippen LogP contribution in [0.2, 0.25) is 0 Å². The molecular weight excluding hydrogens is 210 g/mol. The lowest BCUT2D eigenvalue weighted by Gasteiger charge is -1.92. The molecule has 0 N–H and O–H groups in total. The maximum Gasteiger partial charge on any atom is 0.124 e. The van der Waals surface area contributed by atoms with Gasteiger partial charge in [0.25, 0.3) is 0 Å². The summed E-state index contributed by atoms with van der Waals surface area (Å²) >= 11 is 3.55. The summed E-state index contributed by atoms with van der Waals surface area (Å²) in [5.41, 5.74) is 3.99. The van der Waals surface area contributed by atoms with Crippen LogP contribution in [0.4, 0.5) is 0 Å². The molecule has 0 aromatic carbocycles. The van der Waals surface area contributed by atoms with Gasteiger partial charge < -0.3 is 0 Å². The molecule has 1 saturated carbocycles. The third kappa shape index (κ3) is 1.41. The van der Waals surface area contributed by atoms with Gasteiger partial charge in [-0.15, -0.1) is 11.3 Å². The Hall–Kier alpha value is -0.670. The minimum Gasteiger partial charge on any atom is -0.241 e. The second kappa shape index (κ2) is 3.17. The molecule has 72 valence electrons. The van der Waals surface area contributed by atoms with Crippen molar-refractivity contribution >= 4 is 22.7 Å². The molecule has 1 nitrogen and oxygen atoms in total. The number of thiophene rings is 1. The van der Waals surface area contributed by atoms with Gasteiger partial charge in [-0.05, 0) is 30.7 Å². The quantitative estimate of drug-likeness (QED) is 0.745. The summed E-state index contributed by atoms with van der Waals surface area (Å²) in [6, 6.07) is 0. The highest BCUT2D eigenvalue weighted by Crippen LogP contribution is 2.42. The molecule has 0 bridgehead atoms. The predicted molar refractivity (Wildman–Crippen MR) is 62.1 cm³/mol. The summed E-state index contributed by atoms with van der Waals surface area (Å²) < 4.78 is 0. The summed E-state index contributed by atoms with van der Waals surface area (Å²) in [4.78, 5) is 4.70. The molecular formula is C11H11NS2. The van der Waals surface area contributed by atoms with Crippen molar-refractivity contribution < 1.29 is 0 Å². The first-order valence-electron chi connectivity index (χ1n) is 4.83. The van der Waals surface area contributed by atoms with E-state index in [2.05, 4.69) is 23.1 Å². The van der Waals surface area contributed by atoms with Gasteiger partial charge in [0, 0.05) is 22.2 Å². The van der Waals surface area contributed by atoms with Crippen LogP contribution in [0.5, 0.6) is 0 Å². The molecule has 3 rings (SSSR count). The van der Waals surface area contributed by atoms with Gasteiger partial charge in [-0.3, -0.25) is 0 Å². The van der Waals surface area contributed by atoms with E-state index < -0.39 is 0 Å². The maximum atomic E-state index is 4.70. The number of rotatable bonds is 2. The first-order chi connectivity index (χ1) is 6.84. The smallest absolute Gasteiger partial charge is 0.124 e. The van der Waals surface area contributed by atoms with E-state index >= 15 is 0 Å². The average Bonchev–Trinajstić information content (AvgIpc) is 2.75. The molecule has 0 atom stereocenters. The fourth-order valence-corrected chi connectivity index (χ4v) is 3.45. The van der Waals surface area contributed by atoms with Crippen LogP contribution in [0.25, 0.3) is 10.6 Å². The van der Waals surface area contributed by atoms with E-state index in [1.807, 2.05) is 0 Å². The van der Waals surface area contributed by atoms with Crippen LogP contribution in [-0.4, -0.2) is 4.98 Å². The van der Waals surface area contributed by atoms with Gasteiger partial charge in [0.05, 0.1) is 5.69 Å². The highest BCUT2D eigenvalue weighted by molar-refractivity contribution is 7.14. The second-order valence-electron chi connectivity index (χ2n) is 3.82. The third-order valence-corrected chi connectivity index (χ3v) is 4.36. The highest BCUT2D eigenvalue weighted by Gasteiger charge is 2.26. The maximum absolute atomic E-state index is 4.70. The van der Waals surface area contributed by atoms with Gasteiger partial charge in [-0.2, -0.15) is 11.3 Å². The summed E-state index contributed by atoms with van der Waals surface area (Å²) in [7, 11) is 0. The van der Waals surface area contributed by atoms with Crippen molar-refractivity contribution in [2.75, 3.05) is 0 Å². The van der Waals surface area contributed by atoms with Gasteiger partial charge in [0.15, 0.2) is 0 Å². The third-order valence-electron chi connectivity index (χ3n) is 2.60. The molecule has 0 spiro atoms. The van der Waals surface area contributed by atoms with E-state index in [0.717, 1.165) is 5.92 Å². The number of aryl methyl sites for hydroxylation is 1. The summed E-state index contributed by atoms with van der Waals surface area (Å²) in [5, 5.41) is 7.81. The van der Waals surface area contributed by atoms with Crippen molar-refractivity contribution in [1.29, 1.82) is 0 Å². The predicted octanol–water partition coefficient (Wildman–Crippen LogP) is 4.06. The largest absolute Gasteiger partial charge is 0.241 e. The lowest BCUT2D eigenvalue weighted by atomic mass is 10.2. The van der Waals surface area contributed by atoms with Gasteiger partial charge in [-0.25, -0.2) is 4.98 Å². The Morgan fingerprint density at radius 3 is 2.79 bits per heavy atom. The molecule has 2 aromatic rings. The van der Waals surface area contributed by atoms with Crippen LogP contribution in [0.3, 0.4) is 0 Å². The van der Waals surface area contributed by atoms with E-state index in [9.17, 15) is 0 Å². The van der Waals surface area contributed by atoms with Gasteiger partial charge in [0.1, 0.15) is 5.01 Å². The molecule has 14 heavy (non-hydrogen) atoms. The normalized spacial score (nSPS) is 16.1. The van der Waals surface area contributed by atoms with E-state index in [-0.39, 0.29) is 0 Å². The Balaban J connectivity index is 1.99. The average molecular weight is 221 g/mol. The van der Waals surface area contributed by atoms with Crippen molar-refractivity contribution in [2.45, 2.75) is 25.7 Å². The molecule has 1 aliphatic carbocycles. The number of hydrogen-bond acceptors (Lipinski definition) is 3. The van der Waals surface area contributed by atoms with Gasteiger partial charge in [-0.1, -0.05) is 0 Å². The van der Waals surface area contributed by atoms with Crippen LogP contribution in [0.1, 0.15) is 30.0 Å². The minimum atomic E-state index is 0.777.